The first kappa shape index (κ1) is 8.54. The molecule has 4 nitrogen and oxygen atoms in total. The normalized spacial score (nSPS) is 31.4. The first-order chi connectivity index (χ1) is 5.12. The van der Waals surface area contributed by atoms with Crippen LogP contribution in [0.4, 0.5) is 0 Å². The van der Waals surface area contributed by atoms with Gasteiger partial charge in [-0.15, -0.1) is 0 Å². The minimum absolute atomic E-state index is 0.0573. The van der Waals surface area contributed by atoms with Crippen LogP contribution in [0, 0.1) is 0 Å². The summed E-state index contributed by atoms with van der Waals surface area (Å²) >= 11 is 0. The molecule has 1 aliphatic heterocycles. The molecule has 0 aromatic carbocycles. The van der Waals surface area contributed by atoms with Crippen LogP contribution in [-0.2, 0) is 4.74 Å². The average Bonchev–Trinajstić information content (AvgIpc) is 1.85. The van der Waals surface area contributed by atoms with Crippen molar-refractivity contribution in [3.05, 3.63) is 0 Å². The zero-order valence-electron chi connectivity index (χ0n) is 6.34. The molecule has 0 aliphatic carbocycles. The van der Waals surface area contributed by atoms with Gasteiger partial charge in [-0.1, -0.05) is 0 Å². The van der Waals surface area contributed by atoms with E-state index >= 15 is 0 Å². The smallest absolute Gasteiger partial charge is 0.188 e. The van der Waals surface area contributed by atoms with Gasteiger partial charge in [0.15, 0.2) is 5.96 Å². The lowest BCUT2D eigenvalue weighted by Gasteiger charge is -2.29. The van der Waals surface area contributed by atoms with E-state index in [4.69, 9.17) is 16.2 Å². The predicted molar refractivity (Wildman–Crippen MR) is 44.1 cm³/mol. The molecule has 1 aliphatic rings. The Bertz CT molecular complexity index is 161. The molecule has 1 saturated heterocycles. The summed E-state index contributed by atoms with van der Waals surface area (Å²) in [4.78, 5) is 3.93. The highest BCUT2D eigenvalue weighted by atomic mass is 28.1. The van der Waals surface area contributed by atoms with Gasteiger partial charge in [0.05, 0.1) is 0 Å². The largest absolute Gasteiger partial charge is 0.370 e. The van der Waals surface area contributed by atoms with Gasteiger partial charge in [-0.05, 0) is 19.3 Å². The molecule has 0 saturated carbocycles. The molecule has 3 radical (unpaired) electrons. The van der Waals surface area contributed by atoms with E-state index in [1.807, 2.05) is 0 Å². The molecule has 0 spiro atoms. The van der Waals surface area contributed by atoms with Gasteiger partial charge in [-0.3, -0.25) is 0 Å². The maximum Gasteiger partial charge on any atom is 0.188 e. The molecule has 0 bridgehead atoms. The quantitative estimate of drug-likeness (QED) is 0.310. The topological polar surface area (TPSA) is 73.6 Å². The van der Waals surface area contributed by atoms with E-state index in [1.54, 1.807) is 0 Å². The minimum Gasteiger partial charge on any atom is -0.370 e. The lowest BCUT2D eigenvalue weighted by molar-refractivity contribution is -0.0111. The molecule has 0 aromatic rings. The van der Waals surface area contributed by atoms with Crippen molar-refractivity contribution >= 4 is 16.2 Å². The fourth-order valence-electron chi connectivity index (χ4n) is 1.08. The first-order valence-electron chi connectivity index (χ1n) is 3.62. The van der Waals surface area contributed by atoms with Gasteiger partial charge in [0.1, 0.15) is 15.6 Å². The summed E-state index contributed by atoms with van der Waals surface area (Å²) < 4.78 is 5.34. The molecular formula is C6H12N3OSi. The van der Waals surface area contributed by atoms with E-state index in [-0.39, 0.29) is 5.96 Å². The van der Waals surface area contributed by atoms with Gasteiger partial charge < -0.3 is 16.2 Å². The number of guanidine groups is 1. The SMILES string of the molecule is NC(N)=NC1([Si])CCCCO1. The monoisotopic (exact) mass is 170 g/mol. The summed E-state index contributed by atoms with van der Waals surface area (Å²) in [5, 5.41) is -0.656. The van der Waals surface area contributed by atoms with Crippen molar-refractivity contribution in [1.82, 2.24) is 0 Å². The fraction of sp³-hybridized carbons (Fsp3) is 0.833. The zero-order chi connectivity index (χ0) is 8.32. The van der Waals surface area contributed by atoms with Crippen molar-refractivity contribution in [2.45, 2.75) is 24.6 Å². The molecule has 1 fully saturated rings. The third kappa shape index (κ3) is 2.51. The third-order valence-corrected chi connectivity index (χ3v) is 2.07. The Morgan fingerprint density at radius 2 is 2.18 bits per heavy atom. The van der Waals surface area contributed by atoms with E-state index in [0.29, 0.717) is 6.61 Å². The van der Waals surface area contributed by atoms with Crippen LogP contribution in [0.25, 0.3) is 0 Å². The van der Waals surface area contributed by atoms with Crippen LogP contribution >= 0.6 is 0 Å². The third-order valence-electron chi connectivity index (χ3n) is 1.56. The number of nitrogens with two attached hydrogens (primary N) is 2. The van der Waals surface area contributed by atoms with E-state index in [9.17, 15) is 0 Å². The standard InChI is InChI=1S/C6H12N3OSi/c7-5(8)9-6(11)3-1-2-4-10-6/h1-4H2,(H4,7,8,9). The summed E-state index contributed by atoms with van der Waals surface area (Å²) in [6.07, 6.45) is 2.98. The summed E-state index contributed by atoms with van der Waals surface area (Å²) in [6, 6.07) is 0. The number of rotatable bonds is 1. The number of hydrogen-bond donors (Lipinski definition) is 2. The van der Waals surface area contributed by atoms with Crippen LogP contribution in [0.3, 0.4) is 0 Å². The van der Waals surface area contributed by atoms with Crippen molar-refractivity contribution in [2.24, 2.45) is 16.5 Å². The molecule has 1 heterocycles. The molecule has 61 valence electrons. The van der Waals surface area contributed by atoms with Crippen molar-refractivity contribution in [2.75, 3.05) is 6.61 Å². The van der Waals surface area contributed by atoms with E-state index in [1.165, 1.54) is 0 Å². The lowest BCUT2D eigenvalue weighted by Crippen LogP contribution is -2.39. The van der Waals surface area contributed by atoms with Crippen LogP contribution in [-0.4, -0.2) is 28.2 Å². The Balaban J connectivity index is 2.57. The highest BCUT2D eigenvalue weighted by Gasteiger charge is 2.26. The molecule has 1 atom stereocenters. The fourth-order valence-corrected chi connectivity index (χ4v) is 1.48. The van der Waals surface area contributed by atoms with Gasteiger partial charge in [0.25, 0.3) is 0 Å². The highest BCUT2D eigenvalue weighted by Crippen LogP contribution is 2.22. The Labute approximate surface area is 69.4 Å². The van der Waals surface area contributed by atoms with Crippen LogP contribution in [0.5, 0.6) is 0 Å². The molecule has 1 rings (SSSR count). The van der Waals surface area contributed by atoms with Crippen LogP contribution in [0.1, 0.15) is 19.3 Å². The lowest BCUT2D eigenvalue weighted by atomic mass is 10.2. The van der Waals surface area contributed by atoms with Crippen molar-refractivity contribution in [3.8, 4) is 0 Å². The highest BCUT2D eigenvalue weighted by molar-refractivity contribution is 6.15. The van der Waals surface area contributed by atoms with Gasteiger partial charge in [0, 0.05) is 6.61 Å². The van der Waals surface area contributed by atoms with Crippen LogP contribution in [0.15, 0.2) is 4.99 Å². The first-order valence-corrected chi connectivity index (χ1v) is 4.12. The molecule has 1 unspecified atom stereocenters. The second kappa shape index (κ2) is 3.23. The van der Waals surface area contributed by atoms with Crippen LogP contribution < -0.4 is 11.5 Å². The second-order valence-corrected chi connectivity index (χ2v) is 3.41. The minimum atomic E-state index is -0.656. The summed E-state index contributed by atoms with van der Waals surface area (Å²) in [5.41, 5.74) is 10.5. The summed E-state index contributed by atoms with van der Waals surface area (Å²) in [5.74, 6) is 0.0573. The summed E-state index contributed by atoms with van der Waals surface area (Å²) in [6.45, 7) is 0.709. The van der Waals surface area contributed by atoms with Gasteiger partial charge in [-0.25, -0.2) is 4.99 Å². The van der Waals surface area contributed by atoms with E-state index in [2.05, 4.69) is 15.2 Å². The maximum atomic E-state index is 5.34. The zero-order valence-corrected chi connectivity index (χ0v) is 7.34. The Morgan fingerprint density at radius 1 is 1.45 bits per heavy atom. The second-order valence-electron chi connectivity index (χ2n) is 2.63. The number of aliphatic imine (C=N–C) groups is 1. The molecule has 5 heteroatoms. The number of hydrogen-bond acceptors (Lipinski definition) is 2. The summed E-state index contributed by atoms with van der Waals surface area (Å²) in [7, 11) is 3.38. The molecular weight excluding hydrogens is 158 g/mol. The molecule has 0 amide bonds. The maximum absolute atomic E-state index is 5.34. The van der Waals surface area contributed by atoms with Gasteiger partial charge in [0.2, 0.25) is 0 Å². The van der Waals surface area contributed by atoms with Gasteiger partial charge >= 0.3 is 0 Å². The van der Waals surface area contributed by atoms with E-state index in [0.717, 1.165) is 19.3 Å². The molecule has 0 aromatic heterocycles. The number of ether oxygens (including phenoxy) is 1. The number of nitrogens with zero attached hydrogens (tertiary/aromatic N) is 1. The average molecular weight is 170 g/mol. The van der Waals surface area contributed by atoms with E-state index < -0.39 is 5.35 Å². The Morgan fingerprint density at radius 3 is 2.64 bits per heavy atom. The molecule has 4 N–H and O–H groups in total. The Hall–Kier alpha value is -0.553. The van der Waals surface area contributed by atoms with Crippen molar-refractivity contribution in [1.29, 1.82) is 0 Å². The van der Waals surface area contributed by atoms with Crippen molar-refractivity contribution in [3.63, 3.8) is 0 Å². The molecule has 11 heavy (non-hydrogen) atoms. The van der Waals surface area contributed by atoms with Gasteiger partial charge in [-0.2, -0.15) is 0 Å². The van der Waals surface area contributed by atoms with Crippen LogP contribution in [0.2, 0.25) is 0 Å². The Kier molecular flexibility index (Phi) is 2.51. The predicted octanol–water partition coefficient (Wildman–Crippen LogP) is -0.717. The van der Waals surface area contributed by atoms with Crippen molar-refractivity contribution < 1.29 is 4.74 Å².